The zero-order chi connectivity index (χ0) is 4.62. The molecule has 0 bridgehead atoms. The molecule has 1 fully saturated rings. The molecule has 2 N–H and O–H groups in total. The van der Waals surface area contributed by atoms with Crippen molar-refractivity contribution in [1.29, 1.82) is 0 Å². The Bertz CT molecular complexity index is 54.6. The van der Waals surface area contributed by atoms with Crippen LogP contribution in [0.3, 0.4) is 0 Å². The Balaban J connectivity index is 2.31. The average Bonchev–Trinajstić information content (AvgIpc) is 1.32. The number of hydrogen-bond donors (Lipinski definition) is 1. The van der Waals surface area contributed by atoms with Gasteiger partial charge in [-0.2, -0.15) is 0 Å². The second-order valence-electron chi connectivity index (χ2n) is 1.98. The Kier molecular flexibility index (Phi) is 1.08. The van der Waals surface area contributed by atoms with Crippen molar-refractivity contribution < 1.29 is 18.7 Å². The van der Waals surface area contributed by atoms with Gasteiger partial charge in [0.15, 0.2) is 0 Å². The van der Waals surface area contributed by atoms with Gasteiger partial charge in [-0.1, -0.05) is 0 Å². The zero-order valence-electron chi connectivity index (χ0n) is 4.08. The van der Waals surface area contributed by atoms with Gasteiger partial charge in [-0.25, -0.2) is 0 Å². The summed E-state index contributed by atoms with van der Waals surface area (Å²) in [5.74, 6) is 0. The first-order valence-electron chi connectivity index (χ1n) is 2.13. The number of alkyl halides is 3. The van der Waals surface area contributed by atoms with E-state index in [0.29, 0.717) is 0 Å². The first kappa shape index (κ1) is 4.84. The van der Waals surface area contributed by atoms with E-state index in [9.17, 15) is 0 Å². The second kappa shape index (κ2) is 1.33. The average molecular weight is 200 g/mol. The Morgan fingerprint density at radius 2 is 1.83 bits per heavy atom. The molecule has 0 aliphatic carbocycles. The molecule has 1 heterocycles. The van der Waals surface area contributed by atoms with Crippen LogP contribution in [0.5, 0.6) is 0 Å². The van der Waals surface area contributed by atoms with Gasteiger partial charge in [0.2, 0.25) is 0 Å². The van der Waals surface area contributed by atoms with Crippen molar-refractivity contribution in [2.24, 2.45) is 3.95 Å². The molecule has 6 heavy (non-hydrogen) atoms. The summed E-state index contributed by atoms with van der Waals surface area (Å²) in [7, 11) is 0. The maximum atomic E-state index is 5.80. The molecule has 1 aliphatic heterocycles. The van der Waals surface area contributed by atoms with E-state index in [2.05, 4.69) is 4.93 Å². The van der Waals surface area contributed by atoms with E-state index in [0.717, 1.165) is 0 Å². The van der Waals surface area contributed by atoms with Gasteiger partial charge in [-0.05, 0) is 0 Å². The van der Waals surface area contributed by atoms with Crippen molar-refractivity contribution in [3.63, 3.8) is 0 Å². The molecule has 0 aromatic carbocycles. The summed E-state index contributed by atoms with van der Waals surface area (Å²) in [4.78, 5) is 2.29. The van der Waals surface area contributed by atoms with Crippen molar-refractivity contribution in [3.05, 3.63) is 0 Å². The number of nitrogens with two attached hydrogens (primary N) is 1. The third-order valence-corrected chi connectivity index (χ3v) is 7.58. The van der Waals surface area contributed by atoms with Gasteiger partial charge in [0.1, 0.15) is 0 Å². The molecule has 0 spiro atoms. The van der Waals surface area contributed by atoms with Crippen molar-refractivity contribution in [1.82, 2.24) is 0 Å². The van der Waals surface area contributed by atoms with Gasteiger partial charge < -0.3 is 0 Å². The first-order valence-corrected chi connectivity index (χ1v) is 8.58. The van der Waals surface area contributed by atoms with E-state index in [1.165, 1.54) is 15.3 Å². The summed E-state index contributed by atoms with van der Waals surface area (Å²) in [6.45, 7) is 0. The van der Waals surface area contributed by atoms with Crippen LogP contribution in [0, 0.1) is 0 Å². The monoisotopic (exact) mass is 200 g/mol. The van der Waals surface area contributed by atoms with E-state index < -0.39 is 18.7 Å². The van der Waals surface area contributed by atoms with Gasteiger partial charge in [0.05, 0.1) is 0 Å². The second-order valence-corrected chi connectivity index (χ2v) is 11.3. The van der Waals surface area contributed by atoms with Crippen molar-refractivity contribution in [3.8, 4) is 0 Å². The van der Waals surface area contributed by atoms with Gasteiger partial charge in [0, 0.05) is 0 Å². The molecule has 2 heteroatoms. The van der Waals surface area contributed by atoms with Gasteiger partial charge >= 0.3 is 42.9 Å². The maximum absolute atomic E-state index is 5.80. The summed E-state index contributed by atoms with van der Waals surface area (Å²) in [6.07, 6.45) is 1.42. The van der Waals surface area contributed by atoms with E-state index in [-0.39, 0.29) is 0 Å². The molecule has 1 aliphatic rings. The van der Waals surface area contributed by atoms with Gasteiger partial charge in [0.25, 0.3) is 0 Å². The Hall–Kier alpha value is 0.690. The summed E-state index contributed by atoms with van der Waals surface area (Å²) in [6, 6.07) is 0. The Labute approximate surface area is 43.2 Å². The molecule has 0 radical (unpaired) electrons. The number of rotatable bonds is 0. The van der Waals surface area contributed by atoms with E-state index in [1.54, 1.807) is 0 Å². The SMILES string of the molecule is C[I-]1(N)CCC1. The van der Waals surface area contributed by atoms with Crippen LogP contribution in [0.4, 0.5) is 0 Å². The molecule has 1 saturated heterocycles. The van der Waals surface area contributed by atoms with Crippen LogP contribution in [0.2, 0.25) is 0 Å². The van der Waals surface area contributed by atoms with E-state index in [1.807, 2.05) is 0 Å². The minimum atomic E-state index is -1.30. The molecule has 0 amide bonds. The number of halogens is 1. The topological polar surface area (TPSA) is 26.0 Å². The Morgan fingerprint density at radius 3 is 1.83 bits per heavy atom. The molecule has 0 saturated carbocycles. The molecule has 0 atom stereocenters. The van der Waals surface area contributed by atoms with Crippen LogP contribution in [-0.4, -0.2) is 13.8 Å². The normalized spacial score (nSPS) is 34.3. The van der Waals surface area contributed by atoms with Crippen LogP contribution in [-0.2, 0) is 0 Å². The molecule has 0 aromatic rings. The van der Waals surface area contributed by atoms with Crippen molar-refractivity contribution in [2.75, 3.05) is 13.8 Å². The summed E-state index contributed by atoms with van der Waals surface area (Å²) >= 11 is -1.30. The zero-order valence-corrected chi connectivity index (χ0v) is 6.23. The van der Waals surface area contributed by atoms with E-state index >= 15 is 0 Å². The van der Waals surface area contributed by atoms with E-state index in [4.69, 9.17) is 3.95 Å². The van der Waals surface area contributed by atoms with Crippen molar-refractivity contribution in [2.45, 2.75) is 6.42 Å². The fourth-order valence-corrected chi connectivity index (χ4v) is 3.72. The quantitative estimate of drug-likeness (QED) is 0.252. The molecule has 1 nitrogen and oxygen atoms in total. The number of hydrogen-bond acceptors (Lipinski definition) is 1. The molecular weight excluding hydrogens is 189 g/mol. The fraction of sp³-hybridized carbons (Fsp3) is 1.00. The van der Waals surface area contributed by atoms with Crippen LogP contribution in [0.25, 0.3) is 0 Å². The fourth-order valence-electron chi connectivity index (χ4n) is 0.555. The first-order chi connectivity index (χ1) is 2.71. The molecule has 40 valence electrons. The predicted octanol–water partition coefficient (Wildman–Crippen LogP) is -2.95. The Morgan fingerprint density at radius 1 is 1.50 bits per heavy atom. The van der Waals surface area contributed by atoms with Gasteiger partial charge in [-0.3, -0.25) is 0 Å². The van der Waals surface area contributed by atoms with Gasteiger partial charge in [-0.15, -0.1) is 0 Å². The van der Waals surface area contributed by atoms with Crippen LogP contribution >= 0.6 is 0 Å². The van der Waals surface area contributed by atoms with Crippen LogP contribution in [0.15, 0.2) is 0 Å². The third-order valence-electron chi connectivity index (χ3n) is 1.13. The molecule has 0 unspecified atom stereocenters. The summed E-state index contributed by atoms with van der Waals surface area (Å²) in [5.41, 5.74) is 0. The molecule has 1 rings (SSSR count). The standard InChI is InChI=1S/C4H11IN/c1-5(6)3-2-4-5/h2-4,6H2,1H3/q-1. The molecule has 0 aromatic heterocycles. The third kappa shape index (κ3) is 0.846. The predicted molar refractivity (Wildman–Crippen MR) is 24.5 cm³/mol. The minimum absolute atomic E-state index is 1.30. The van der Waals surface area contributed by atoms with Crippen molar-refractivity contribution >= 4 is 0 Å². The molecular formula is C4H11IN-. The summed E-state index contributed by atoms with van der Waals surface area (Å²) in [5, 5.41) is 0. The summed E-state index contributed by atoms with van der Waals surface area (Å²) < 4.78 is 8.62. The van der Waals surface area contributed by atoms with Crippen LogP contribution in [0.1, 0.15) is 6.42 Å². The van der Waals surface area contributed by atoms with Crippen LogP contribution < -0.4 is 22.7 Å².